The van der Waals surface area contributed by atoms with E-state index in [1.807, 2.05) is 20.0 Å². The second-order valence-electron chi connectivity index (χ2n) is 3.91. The molecule has 0 unspecified atom stereocenters. The van der Waals surface area contributed by atoms with Crippen LogP contribution in [-0.4, -0.2) is 27.0 Å². The zero-order chi connectivity index (χ0) is 13.8. The van der Waals surface area contributed by atoms with Crippen LogP contribution in [0.5, 0.6) is 0 Å². The maximum atomic E-state index is 11.4. The van der Waals surface area contributed by atoms with Gasteiger partial charge in [-0.25, -0.2) is 15.0 Å². The lowest BCUT2D eigenvalue weighted by Gasteiger charge is -2.06. The largest absolute Gasteiger partial charge is 0.373 e. The van der Waals surface area contributed by atoms with Crippen LogP contribution in [0.4, 0.5) is 5.82 Å². The minimum atomic E-state index is -0.159. The number of rotatable bonds is 4. The predicted octanol–water partition coefficient (Wildman–Crippen LogP) is 1.62. The van der Waals surface area contributed by atoms with Crippen molar-refractivity contribution < 1.29 is 0 Å². The zero-order valence-electron chi connectivity index (χ0n) is 11.0. The lowest BCUT2D eigenvalue weighted by atomic mass is 10.4. The molecule has 2 rings (SSSR count). The molecule has 0 saturated carbocycles. The van der Waals surface area contributed by atoms with Gasteiger partial charge in [0, 0.05) is 31.3 Å². The molecule has 19 heavy (non-hydrogen) atoms. The number of anilines is 1. The number of hydrogen-bond acceptors (Lipinski definition) is 6. The van der Waals surface area contributed by atoms with Crippen molar-refractivity contribution in [3.8, 4) is 0 Å². The number of aromatic nitrogens is 4. The second-order valence-corrected chi connectivity index (χ2v) is 4.91. The van der Waals surface area contributed by atoms with E-state index in [-0.39, 0.29) is 5.56 Å². The maximum absolute atomic E-state index is 11.4. The fraction of sp³-hybridized carbons (Fsp3) is 0.333. The average Bonchev–Trinajstić information content (AvgIpc) is 2.37. The molecule has 6 nitrogen and oxygen atoms in total. The fourth-order valence-corrected chi connectivity index (χ4v) is 2.37. The highest BCUT2D eigenvalue weighted by molar-refractivity contribution is 7.99. The van der Waals surface area contributed by atoms with Gasteiger partial charge in [0.1, 0.15) is 16.7 Å². The van der Waals surface area contributed by atoms with E-state index in [0.29, 0.717) is 10.9 Å². The summed E-state index contributed by atoms with van der Waals surface area (Å²) in [5, 5.41) is 4.28. The summed E-state index contributed by atoms with van der Waals surface area (Å²) in [7, 11) is 1.81. The minimum absolute atomic E-state index is 0.159. The van der Waals surface area contributed by atoms with E-state index < -0.39 is 0 Å². The lowest BCUT2D eigenvalue weighted by molar-refractivity contribution is 0.875. The molecule has 0 atom stereocenters. The Balaban J connectivity index is 2.34. The summed E-state index contributed by atoms with van der Waals surface area (Å²) in [4.78, 5) is 27.1. The normalized spacial score (nSPS) is 10.5. The first-order chi connectivity index (χ1) is 9.10. The first kappa shape index (κ1) is 13.5. The molecule has 0 spiro atoms. The SMILES string of the molecule is CCc1nc(NC)cc(Sc2nc(C)cc(=O)[nH]2)n1. The van der Waals surface area contributed by atoms with Gasteiger partial charge in [-0.15, -0.1) is 0 Å². The Hall–Kier alpha value is -1.89. The average molecular weight is 277 g/mol. The van der Waals surface area contributed by atoms with Crippen molar-refractivity contribution >= 4 is 17.6 Å². The van der Waals surface area contributed by atoms with E-state index in [1.165, 1.54) is 17.8 Å². The quantitative estimate of drug-likeness (QED) is 0.652. The molecule has 0 radical (unpaired) electrons. The van der Waals surface area contributed by atoms with Crippen molar-refractivity contribution in [2.45, 2.75) is 30.5 Å². The molecule has 0 amide bonds. The third kappa shape index (κ3) is 3.54. The molecule has 0 fully saturated rings. The van der Waals surface area contributed by atoms with Gasteiger partial charge in [0.25, 0.3) is 5.56 Å². The molecular formula is C12H15N5OS. The van der Waals surface area contributed by atoms with E-state index in [9.17, 15) is 4.79 Å². The molecule has 2 N–H and O–H groups in total. The van der Waals surface area contributed by atoms with Crippen LogP contribution in [-0.2, 0) is 6.42 Å². The Morgan fingerprint density at radius 1 is 1.32 bits per heavy atom. The summed E-state index contributed by atoms with van der Waals surface area (Å²) in [6.07, 6.45) is 0.751. The number of nitrogens with one attached hydrogen (secondary N) is 2. The van der Waals surface area contributed by atoms with E-state index in [0.717, 1.165) is 23.1 Å². The van der Waals surface area contributed by atoms with Crippen LogP contribution in [0.3, 0.4) is 0 Å². The smallest absolute Gasteiger partial charge is 0.251 e. The summed E-state index contributed by atoms with van der Waals surface area (Å²) < 4.78 is 0. The highest BCUT2D eigenvalue weighted by Gasteiger charge is 2.06. The molecule has 2 aromatic rings. The molecule has 2 heterocycles. The van der Waals surface area contributed by atoms with Crippen molar-refractivity contribution in [1.82, 2.24) is 19.9 Å². The lowest BCUT2D eigenvalue weighted by Crippen LogP contribution is -2.08. The van der Waals surface area contributed by atoms with Gasteiger partial charge < -0.3 is 10.3 Å². The van der Waals surface area contributed by atoms with Gasteiger partial charge >= 0.3 is 0 Å². The number of aromatic amines is 1. The summed E-state index contributed by atoms with van der Waals surface area (Å²) in [6.45, 7) is 3.78. The molecule has 0 aliphatic rings. The van der Waals surface area contributed by atoms with Crippen LogP contribution in [0.2, 0.25) is 0 Å². The Kier molecular flexibility index (Phi) is 4.16. The van der Waals surface area contributed by atoms with Crippen molar-refractivity contribution in [2.75, 3.05) is 12.4 Å². The van der Waals surface area contributed by atoms with Gasteiger partial charge in [-0.1, -0.05) is 6.92 Å². The molecule has 2 aromatic heterocycles. The molecule has 0 bridgehead atoms. The molecule has 0 aromatic carbocycles. The van der Waals surface area contributed by atoms with Crippen molar-refractivity contribution in [3.05, 3.63) is 34.0 Å². The van der Waals surface area contributed by atoms with Gasteiger partial charge in [-0.05, 0) is 18.7 Å². The van der Waals surface area contributed by atoms with Crippen LogP contribution >= 0.6 is 11.8 Å². The Morgan fingerprint density at radius 2 is 2.11 bits per heavy atom. The zero-order valence-corrected chi connectivity index (χ0v) is 11.8. The van der Waals surface area contributed by atoms with Gasteiger partial charge in [-0.3, -0.25) is 4.79 Å². The standard InChI is InChI=1S/C12H15N5OS/c1-4-8-15-9(13-3)6-11(16-8)19-12-14-7(2)5-10(18)17-12/h5-6H,4H2,1-3H3,(H,13,15,16)(H,14,17,18). The molecule has 100 valence electrons. The summed E-state index contributed by atoms with van der Waals surface area (Å²) >= 11 is 1.32. The Bertz CT molecular complexity index is 618. The fourth-order valence-electron chi connectivity index (χ4n) is 1.51. The van der Waals surface area contributed by atoms with Crippen LogP contribution < -0.4 is 10.9 Å². The van der Waals surface area contributed by atoms with Crippen LogP contribution in [0, 0.1) is 6.92 Å². The third-order valence-electron chi connectivity index (χ3n) is 2.37. The monoisotopic (exact) mass is 277 g/mol. The van der Waals surface area contributed by atoms with Crippen LogP contribution in [0.15, 0.2) is 27.1 Å². The molecule has 7 heteroatoms. The minimum Gasteiger partial charge on any atom is -0.373 e. The van der Waals surface area contributed by atoms with Gasteiger partial charge in [0.2, 0.25) is 0 Å². The maximum Gasteiger partial charge on any atom is 0.251 e. The molecule has 0 aliphatic carbocycles. The number of aryl methyl sites for hydroxylation is 2. The Morgan fingerprint density at radius 3 is 2.74 bits per heavy atom. The van der Waals surface area contributed by atoms with Gasteiger partial charge in [0.15, 0.2) is 5.16 Å². The number of H-pyrrole nitrogens is 1. The van der Waals surface area contributed by atoms with Gasteiger partial charge in [-0.2, -0.15) is 0 Å². The molecular weight excluding hydrogens is 262 g/mol. The van der Waals surface area contributed by atoms with Crippen molar-refractivity contribution in [1.29, 1.82) is 0 Å². The summed E-state index contributed by atoms with van der Waals surface area (Å²) in [5.74, 6) is 1.51. The van der Waals surface area contributed by atoms with E-state index >= 15 is 0 Å². The van der Waals surface area contributed by atoms with Crippen molar-refractivity contribution in [2.24, 2.45) is 0 Å². The Labute approximate surface area is 115 Å². The summed E-state index contributed by atoms with van der Waals surface area (Å²) in [5.41, 5.74) is 0.526. The number of nitrogens with zero attached hydrogens (tertiary/aromatic N) is 3. The third-order valence-corrected chi connectivity index (χ3v) is 3.18. The first-order valence-electron chi connectivity index (χ1n) is 5.92. The molecule has 0 saturated heterocycles. The second kappa shape index (κ2) is 5.83. The van der Waals surface area contributed by atoms with Crippen molar-refractivity contribution in [3.63, 3.8) is 0 Å². The van der Waals surface area contributed by atoms with Crippen LogP contribution in [0.1, 0.15) is 18.4 Å². The predicted molar refractivity (Wildman–Crippen MR) is 74.7 cm³/mol. The van der Waals surface area contributed by atoms with E-state index in [2.05, 4.69) is 25.3 Å². The highest BCUT2D eigenvalue weighted by Crippen LogP contribution is 2.23. The van der Waals surface area contributed by atoms with Crippen LogP contribution in [0.25, 0.3) is 0 Å². The number of hydrogen-bond donors (Lipinski definition) is 2. The van der Waals surface area contributed by atoms with Gasteiger partial charge in [0.05, 0.1) is 0 Å². The van der Waals surface area contributed by atoms with E-state index in [1.54, 1.807) is 6.92 Å². The van der Waals surface area contributed by atoms with E-state index in [4.69, 9.17) is 0 Å². The highest BCUT2D eigenvalue weighted by atomic mass is 32.2. The summed E-state index contributed by atoms with van der Waals surface area (Å²) in [6, 6.07) is 3.28. The first-order valence-corrected chi connectivity index (χ1v) is 6.74. The molecule has 0 aliphatic heterocycles. The topological polar surface area (TPSA) is 83.6 Å².